The monoisotopic (exact) mass is 188 g/mol. The van der Waals surface area contributed by atoms with Gasteiger partial charge in [-0.2, -0.15) is 5.26 Å². The molecule has 14 heavy (non-hydrogen) atoms. The zero-order valence-electron chi connectivity index (χ0n) is 7.57. The smallest absolute Gasteiger partial charge is 0.249 e. The van der Waals surface area contributed by atoms with Crippen LogP contribution in [0.1, 0.15) is 31.8 Å². The molecule has 0 saturated heterocycles. The van der Waals surface area contributed by atoms with E-state index in [1.807, 2.05) is 6.07 Å². The minimum atomic E-state index is -0.667. The lowest BCUT2D eigenvalue weighted by Gasteiger charge is -2.05. The molecule has 0 heterocycles. The van der Waals surface area contributed by atoms with Crippen molar-refractivity contribution in [1.82, 2.24) is 0 Å². The maximum Gasteiger partial charge on any atom is 0.249 e. The van der Waals surface area contributed by atoms with Gasteiger partial charge in [0.15, 0.2) is 6.29 Å². The first-order valence-corrected chi connectivity index (χ1v) is 3.90. The Kier molecular flexibility index (Phi) is 2.63. The fourth-order valence-electron chi connectivity index (χ4n) is 1.22. The molecule has 4 nitrogen and oxygen atoms in total. The van der Waals surface area contributed by atoms with Crippen LogP contribution in [0.25, 0.3) is 0 Å². The molecule has 0 aliphatic rings. The number of hydrogen-bond acceptors (Lipinski definition) is 3. The number of hydrogen-bond donors (Lipinski definition) is 1. The van der Waals surface area contributed by atoms with Crippen molar-refractivity contribution in [2.75, 3.05) is 0 Å². The van der Waals surface area contributed by atoms with Crippen molar-refractivity contribution in [3.05, 3.63) is 34.4 Å². The third-order valence-corrected chi connectivity index (χ3v) is 2.02. The van der Waals surface area contributed by atoms with Gasteiger partial charge in [0, 0.05) is 11.1 Å². The highest BCUT2D eigenvalue weighted by molar-refractivity contribution is 6.01. The zero-order chi connectivity index (χ0) is 10.7. The predicted molar refractivity (Wildman–Crippen MR) is 49.8 cm³/mol. The van der Waals surface area contributed by atoms with Crippen molar-refractivity contribution < 1.29 is 9.59 Å². The molecule has 0 bridgehead atoms. The molecule has 0 aliphatic heterocycles. The summed E-state index contributed by atoms with van der Waals surface area (Å²) < 4.78 is 0. The highest BCUT2D eigenvalue weighted by Crippen LogP contribution is 2.15. The summed E-state index contributed by atoms with van der Waals surface area (Å²) in [5.74, 6) is -0.667. The molecule has 2 N–H and O–H groups in total. The molecule has 1 rings (SSSR count). The van der Waals surface area contributed by atoms with Gasteiger partial charge in [-0.25, -0.2) is 0 Å². The molecule has 70 valence electrons. The van der Waals surface area contributed by atoms with Gasteiger partial charge in [0.1, 0.15) is 0 Å². The normalized spacial score (nSPS) is 9.14. The third kappa shape index (κ3) is 1.48. The first-order valence-electron chi connectivity index (χ1n) is 3.90. The van der Waals surface area contributed by atoms with Crippen LogP contribution < -0.4 is 5.73 Å². The van der Waals surface area contributed by atoms with Crippen molar-refractivity contribution in [3.8, 4) is 6.07 Å². The molecular weight excluding hydrogens is 180 g/mol. The molecule has 4 heteroatoms. The Balaban J connectivity index is 3.53. The molecule has 1 amide bonds. The average molecular weight is 188 g/mol. The Morgan fingerprint density at radius 3 is 2.64 bits per heavy atom. The number of rotatable bonds is 2. The Bertz CT molecular complexity index is 444. The van der Waals surface area contributed by atoms with Gasteiger partial charge in [0.05, 0.1) is 11.6 Å². The molecule has 0 atom stereocenters. The Hall–Kier alpha value is -2.15. The molecule has 0 aromatic heterocycles. The highest BCUT2D eigenvalue weighted by atomic mass is 16.1. The average Bonchev–Trinajstić information content (AvgIpc) is 2.17. The standard InChI is InChI=1S/C10H8N2O2/c1-6-7(4-11)2-3-8(10(12)14)9(6)5-13/h2-3,5H,1H3,(H2,12,14). The molecular formula is C10H8N2O2. The highest BCUT2D eigenvalue weighted by Gasteiger charge is 2.12. The number of amides is 1. The summed E-state index contributed by atoms with van der Waals surface area (Å²) in [5.41, 5.74) is 6.27. The van der Waals surface area contributed by atoms with Crippen LogP contribution in [0.4, 0.5) is 0 Å². The molecule has 0 saturated carbocycles. The summed E-state index contributed by atoms with van der Waals surface area (Å²) in [4.78, 5) is 21.6. The number of benzene rings is 1. The molecule has 0 fully saturated rings. The minimum absolute atomic E-state index is 0.150. The van der Waals surface area contributed by atoms with E-state index in [9.17, 15) is 9.59 Å². The molecule has 1 aromatic rings. The fourth-order valence-corrected chi connectivity index (χ4v) is 1.22. The van der Waals surface area contributed by atoms with Gasteiger partial charge in [0.2, 0.25) is 5.91 Å². The van der Waals surface area contributed by atoms with Crippen molar-refractivity contribution in [3.63, 3.8) is 0 Å². The van der Waals surface area contributed by atoms with Crippen molar-refractivity contribution >= 4 is 12.2 Å². The summed E-state index contributed by atoms with van der Waals surface area (Å²) in [5, 5.41) is 8.69. The lowest BCUT2D eigenvalue weighted by molar-refractivity contribution is 0.0993. The molecule has 0 unspecified atom stereocenters. The largest absolute Gasteiger partial charge is 0.366 e. The fraction of sp³-hybridized carbons (Fsp3) is 0.100. The second-order valence-corrected chi connectivity index (χ2v) is 2.79. The van der Waals surface area contributed by atoms with Crippen molar-refractivity contribution in [2.45, 2.75) is 6.92 Å². The van der Waals surface area contributed by atoms with Crippen molar-refractivity contribution in [1.29, 1.82) is 5.26 Å². The van der Waals surface area contributed by atoms with Crippen LogP contribution in [-0.2, 0) is 0 Å². The molecule has 0 spiro atoms. The number of aldehydes is 1. The van der Waals surface area contributed by atoms with Crippen LogP contribution in [0.3, 0.4) is 0 Å². The SMILES string of the molecule is Cc1c(C#N)ccc(C(N)=O)c1C=O. The summed E-state index contributed by atoms with van der Waals surface area (Å²) in [6.07, 6.45) is 0.538. The second kappa shape index (κ2) is 3.71. The Morgan fingerprint density at radius 2 is 2.21 bits per heavy atom. The van der Waals surface area contributed by atoms with Crippen LogP contribution in [-0.4, -0.2) is 12.2 Å². The van der Waals surface area contributed by atoms with Crippen LogP contribution in [0.2, 0.25) is 0 Å². The maximum atomic E-state index is 10.9. The Labute approximate surface area is 80.9 Å². The molecule has 0 radical (unpaired) electrons. The summed E-state index contributed by atoms with van der Waals surface area (Å²) >= 11 is 0. The molecule has 0 aliphatic carbocycles. The van der Waals surface area contributed by atoms with Gasteiger partial charge in [-0.15, -0.1) is 0 Å². The van der Waals surface area contributed by atoms with Gasteiger partial charge >= 0.3 is 0 Å². The van der Waals surface area contributed by atoms with E-state index in [0.29, 0.717) is 17.4 Å². The van der Waals surface area contributed by atoms with Crippen LogP contribution in [0.15, 0.2) is 12.1 Å². The maximum absolute atomic E-state index is 10.9. The lowest BCUT2D eigenvalue weighted by atomic mass is 9.98. The number of carbonyl (C=O) groups excluding carboxylic acids is 2. The van der Waals surface area contributed by atoms with Crippen molar-refractivity contribution in [2.24, 2.45) is 5.73 Å². The van der Waals surface area contributed by atoms with Gasteiger partial charge < -0.3 is 5.73 Å². The first kappa shape index (κ1) is 9.93. The predicted octanol–water partition coefficient (Wildman–Crippen LogP) is 0.778. The van der Waals surface area contributed by atoms with Crippen LogP contribution in [0, 0.1) is 18.3 Å². The Morgan fingerprint density at radius 1 is 1.57 bits per heavy atom. The van der Waals surface area contributed by atoms with E-state index >= 15 is 0 Å². The van der Waals surface area contributed by atoms with E-state index < -0.39 is 5.91 Å². The lowest BCUT2D eigenvalue weighted by Crippen LogP contribution is -2.14. The van der Waals surface area contributed by atoms with Gasteiger partial charge in [-0.1, -0.05) is 0 Å². The second-order valence-electron chi connectivity index (χ2n) is 2.79. The third-order valence-electron chi connectivity index (χ3n) is 2.02. The van der Waals surface area contributed by atoms with E-state index in [2.05, 4.69) is 0 Å². The molecule has 1 aromatic carbocycles. The van der Waals surface area contributed by atoms with E-state index in [4.69, 9.17) is 11.0 Å². The number of carbonyl (C=O) groups is 2. The zero-order valence-corrected chi connectivity index (χ0v) is 7.57. The number of primary amides is 1. The number of nitriles is 1. The van der Waals surface area contributed by atoms with E-state index in [1.54, 1.807) is 6.92 Å². The summed E-state index contributed by atoms with van der Waals surface area (Å²) in [6, 6.07) is 4.79. The quantitative estimate of drug-likeness (QED) is 0.696. The van der Waals surface area contributed by atoms with Crippen LogP contribution >= 0.6 is 0 Å². The van der Waals surface area contributed by atoms with Gasteiger partial charge in [0.25, 0.3) is 0 Å². The minimum Gasteiger partial charge on any atom is -0.366 e. The summed E-state index contributed by atoms with van der Waals surface area (Å²) in [6.45, 7) is 1.61. The topological polar surface area (TPSA) is 83.9 Å². The summed E-state index contributed by atoms with van der Waals surface area (Å²) in [7, 11) is 0. The van der Waals surface area contributed by atoms with E-state index in [1.165, 1.54) is 12.1 Å². The van der Waals surface area contributed by atoms with E-state index in [0.717, 1.165) is 0 Å². The van der Waals surface area contributed by atoms with E-state index in [-0.39, 0.29) is 11.1 Å². The number of nitrogens with two attached hydrogens (primary N) is 1. The van der Waals surface area contributed by atoms with Gasteiger partial charge in [-0.05, 0) is 24.6 Å². The van der Waals surface area contributed by atoms with Gasteiger partial charge in [-0.3, -0.25) is 9.59 Å². The first-order chi connectivity index (χ1) is 6.61. The van der Waals surface area contributed by atoms with Crippen LogP contribution in [0.5, 0.6) is 0 Å². The number of nitrogens with zero attached hydrogens (tertiary/aromatic N) is 1.